The number of para-hydroxylation sites is 1. The summed E-state index contributed by atoms with van der Waals surface area (Å²) in [6, 6.07) is 20.9. The molecule has 176 valence electrons. The average Bonchev–Trinajstić information content (AvgIpc) is 3.34. The van der Waals surface area contributed by atoms with Gasteiger partial charge in [0, 0.05) is 31.6 Å². The molecular weight excluding hydrogens is 464 g/mol. The van der Waals surface area contributed by atoms with E-state index in [1.54, 1.807) is 23.1 Å². The molecule has 2 aromatic carbocycles. The Bertz CT molecular complexity index is 1580. The summed E-state index contributed by atoms with van der Waals surface area (Å²) in [5.41, 5.74) is 1.84. The van der Waals surface area contributed by atoms with Crippen molar-refractivity contribution in [3.63, 3.8) is 0 Å². The van der Waals surface area contributed by atoms with Crippen LogP contribution in [0.2, 0.25) is 0 Å². The normalized spacial score (nSPS) is 14.7. The van der Waals surface area contributed by atoms with E-state index in [-0.39, 0.29) is 42.5 Å². The molecule has 0 radical (unpaired) electrons. The molecule has 0 bridgehead atoms. The van der Waals surface area contributed by atoms with E-state index < -0.39 is 10.0 Å². The molecule has 0 N–H and O–H groups in total. The van der Waals surface area contributed by atoms with Gasteiger partial charge in [-0.15, -0.1) is 0 Å². The highest BCUT2D eigenvalue weighted by Crippen LogP contribution is 2.28. The van der Waals surface area contributed by atoms with Gasteiger partial charge in [0.2, 0.25) is 10.0 Å². The molecule has 0 aliphatic carbocycles. The third-order valence-electron chi connectivity index (χ3n) is 6.09. The summed E-state index contributed by atoms with van der Waals surface area (Å²) in [5, 5.41) is 10.0. The van der Waals surface area contributed by atoms with E-state index in [2.05, 4.69) is 4.98 Å². The number of piperazine rings is 1. The van der Waals surface area contributed by atoms with Gasteiger partial charge >= 0.3 is 0 Å². The van der Waals surface area contributed by atoms with Crippen molar-refractivity contribution >= 4 is 26.8 Å². The van der Waals surface area contributed by atoms with Crippen molar-refractivity contribution in [2.45, 2.75) is 11.8 Å². The van der Waals surface area contributed by atoms with Crippen LogP contribution in [0.4, 0.5) is 0 Å². The third kappa shape index (κ3) is 4.18. The minimum atomic E-state index is -3.84. The standard InChI is InChI=1S/C26H22N4O4S/c1-18-10-11-24(34-18)23-16-21(20-7-3-4-8-22(20)28-23)26(31)29-12-14-30(15-13-29)35(32,33)25-9-5-2-6-19(25)17-27/h2-11,16H,12-15H2,1H3. The minimum Gasteiger partial charge on any atom is -0.460 e. The molecule has 1 amide bonds. The summed E-state index contributed by atoms with van der Waals surface area (Å²) in [5.74, 6) is 1.13. The molecular formula is C26H22N4O4S. The van der Waals surface area contributed by atoms with E-state index in [0.29, 0.717) is 22.5 Å². The Balaban J connectivity index is 1.42. The molecule has 2 aromatic heterocycles. The molecule has 35 heavy (non-hydrogen) atoms. The monoisotopic (exact) mass is 486 g/mol. The summed E-state index contributed by atoms with van der Waals surface area (Å²) >= 11 is 0. The number of hydrogen-bond donors (Lipinski definition) is 0. The van der Waals surface area contributed by atoms with Crippen molar-refractivity contribution in [1.82, 2.24) is 14.2 Å². The molecule has 1 aliphatic heterocycles. The number of furan rings is 1. The Morgan fingerprint density at radius 1 is 1.00 bits per heavy atom. The second-order valence-electron chi connectivity index (χ2n) is 8.29. The number of nitrogens with zero attached hydrogens (tertiary/aromatic N) is 4. The van der Waals surface area contributed by atoms with Gasteiger partial charge in [-0.2, -0.15) is 9.57 Å². The van der Waals surface area contributed by atoms with E-state index in [4.69, 9.17) is 4.42 Å². The van der Waals surface area contributed by atoms with E-state index in [0.717, 1.165) is 11.1 Å². The van der Waals surface area contributed by atoms with Crippen LogP contribution in [-0.2, 0) is 10.0 Å². The molecule has 0 saturated carbocycles. The fourth-order valence-electron chi connectivity index (χ4n) is 4.28. The van der Waals surface area contributed by atoms with Crippen LogP contribution in [-0.4, -0.2) is 54.7 Å². The minimum absolute atomic E-state index is 0.0132. The van der Waals surface area contributed by atoms with Crippen LogP contribution >= 0.6 is 0 Å². The number of amides is 1. The number of fused-ring (bicyclic) bond motifs is 1. The number of carbonyl (C=O) groups is 1. The maximum atomic E-state index is 13.6. The first-order valence-electron chi connectivity index (χ1n) is 11.1. The number of nitriles is 1. The highest BCUT2D eigenvalue weighted by Gasteiger charge is 2.32. The van der Waals surface area contributed by atoms with Gasteiger partial charge in [-0.05, 0) is 43.3 Å². The summed E-state index contributed by atoms with van der Waals surface area (Å²) in [4.78, 5) is 19.9. The molecule has 8 nitrogen and oxygen atoms in total. The zero-order valence-electron chi connectivity index (χ0n) is 19.0. The van der Waals surface area contributed by atoms with Gasteiger partial charge in [0.15, 0.2) is 5.76 Å². The Kier molecular flexibility index (Phi) is 5.84. The Hall–Kier alpha value is -4.00. The maximum Gasteiger partial charge on any atom is 0.254 e. The smallest absolute Gasteiger partial charge is 0.254 e. The van der Waals surface area contributed by atoms with Crippen LogP contribution in [0, 0.1) is 18.3 Å². The van der Waals surface area contributed by atoms with Crippen molar-refractivity contribution in [3.8, 4) is 17.5 Å². The molecule has 1 aliphatic rings. The Labute approximate surface area is 203 Å². The Morgan fingerprint density at radius 2 is 1.71 bits per heavy atom. The molecule has 0 spiro atoms. The lowest BCUT2D eigenvalue weighted by Gasteiger charge is -2.34. The van der Waals surface area contributed by atoms with Gasteiger partial charge in [-0.1, -0.05) is 30.3 Å². The molecule has 0 unspecified atom stereocenters. The molecule has 4 aromatic rings. The van der Waals surface area contributed by atoms with Gasteiger partial charge in [0.1, 0.15) is 17.5 Å². The number of aryl methyl sites for hydroxylation is 1. The molecule has 3 heterocycles. The maximum absolute atomic E-state index is 13.6. The second kappa shape index (κ2) is 8.98. The zero-order valence-corrected chi connectivity index (χ0v) is 19.8. The van der Waals surface area contributed by atoms with Gasteiger partial charge < -0.3 is 9.32 Å². The van der Waals surface area contributed by atoms with E-state index in [1.807, 2.05) is 49.4 Å². The van der Waals surface area contributed by atoms with E-state index in [1.165, 1.54) is 16.4 Å². The lowest BCUT2D eigenvalue weighted by Crippen LogP contribution is -2.50. The van der Waals surface area contributed by atoms with Gasteiger partial charge in [-0.25, -0.2) is 13.4 Å². The van der Waals surface area contributed by atoms with Gasteiger partial charge in [0.25, 0.3) is 5.91 Å². The first-order valence-corrected chi connectivity index (χ1v) is 12.6. The SMILES string of the molecule is Cc1ccc(-c2cc(C(=O)N3CCN(S(=O)(=O)c4ccccc4C#N)CC3)c3ccccc3n2)o1. The number of rotatable bonds is 4. The van der Waals surface area contributed by atoms with Crippen LogP contribution in [0.1, 0.15) is 21.7 Å². The highest BCUT2D eigenvalue weighted by atomic mass is 32.2. The van der Waals surface area contributed by atoms with Crippen LogP contribution < -0.4 is 0 Å². The number of sulfonamides is 1. The van der Waals surface area contributed by atoms with E-state index >= 15 is 0 Å². The lowest BCUT2D eigenvalue weighted by atomic mass is 10.1. The number of carbonyl (C=O) groups excluding carboxylic acids is 1. The molecule has 0 atom stereocenters. The molecule has 1 saturated heterocycles. The van der Waals surface area contributed by atoms with Crippen molar-refractivity contribution in [3.05, 3.63) is 83.6 Å². The summed E-state index contributed by atoms with van der Waals surface area (Å²) in [6.45, 7) is 2.60. The molecule has 9 heteroatoms. The highest BCUT2D eigenvalue weighted by molar-refractivity contribution is 7.89. The number of hydrogen-bond acceptors (Lipinski definition) is 6. The number of aromatic nitrogens is 1. The molecule has 1 fully saturated rings. The second-order valence-corrected chi connectivity index (χ2v) is 10.2. The van der Waals surface area contributed by atoms with Crippen molar-refractivity contribution < 1.29 is 17.6 Å². The number of pyridine rings is 1. The summed E-state index contributed by atoms with van der Waals surface area (Å²) in [7, 11) is -3.84. The zero-order chi connectivity index (χ0) is 24.6. The topological polar surface area (TPSA) is 108 Å². The van der Waals surface area contributed by atoms with Crippen LogP contribution in [0.15, 0.2) is 76.0 Å². The fraction of sp³-hybridized carbons (Fsp3) is 0.192. The lowest BCUT2D eigenvalue weighted by molar-refractivity contribution is 0.0700. The predicted octanol–water partition coefficient (Wildman–Crippen LogP) is 3.82. The quantitative estimate of drug-likeness (QED) is 0.434. The van der Waals surface area contributed by atoms with Crippen molar-refractivity contribution in [1.29, 1.82) is 5.26 Å². The predicted molar refractivity (Wildman–Crippen MR) is 130 cm³/mol. The summed E-state index contributed by atoms with van der Waals surface area (Å²) < 4.78 is 33.3. The van der Waals surface area contributed by atoms with E-state index in [9.17, 15) is 18.5 Å². The van der Waals surface area contributed by atoms with Crippen molar-refractivity contribution in [2.75, 3.05) is 26.2 Å². The van der Waals surface area contributed by atoms with Crippen LogP contribution in [0.3, 0.4) is 0 Å². The molecule has 5 rings (SSSR count). The van der Waals surface area contributed by atoms with Crippen molar-refractivity contribution in [2.24, 2.45) is 0 Å². The van der Waals surface area contributed by atoms with Gasteiger partial charge in [-0.3, -0.25) is 4.79 Å². The van der Waals surface area contributed by atoms with Crippen LogP contribution in [0.25, 0.3) is 22.4 Å². The van der Waals surface area contributed by atoms with Crippen LogP contribution in [0.5, 0.6) is 0 Å². The van der Waals surface area contributed by atoms with Gasteiger partial charge in [0.05, 0.1) is 21.5 Å². The fourth-order valence-corrected chi connectivity index (χ4v) is 5.84. The Morgan fingerprint density at radius 3 is 2.43 bits per heavy atom. The number of benzene rings is 2. The summed E-state index contributed by atoms with van der Waals surface area (Å²) in [6.07, 6.45) is 0. The average molecular weight is 487 g/mol. The third-order valence-corrected chi connectivity index (χ3v) is 8.05. The first kappa shape index (κ1) is 22.8. The first-order chi connectivity index (χ1) is 16.9. The largest absolute Gasteiger partial charge is 0.460 e.